The van der Waals surface area contributed by atoms with Gasteiger partial charge in [-0.2, -0.15) is 11.8 Å². The average molecular weight is 277 g/mol. The molecule has 1 atom stereocenters. The predicted molar refractivity (Wildman–Crippen MR) is 79.3 cm³/mol. The van der Waals surface area contributed by atoms with Crippen molar-refractivity contribution in [2.75, 3.05) is 18.1 Å². The molecule has 0 spiro atoms. The van der Waals surface area contributed by atoms with E-state index in [1.807, 2.05) is 47.8 Å². The molecule has 19 heavy (non-hydrogen) atoms. The van der Waals surface area contributed by atoms with E-state index in [4.69, 9.17) is 4.42 Å². The highest BCUT2D eigenvalue weighted by Crippen LogP contribution is 2.20. The molecule has 1 N–H and O–H groups in total. The smallest absolute Gasteiger partial charge is 0.133 e. The average Bonchev–Trinajstić information content (AvgIpc) is 3.06. The molecule has 0 fully saturated rings. The van der Waals surface area contributed by atoms with Crippen LogP contribution in [0.2, 0.25) is 0 Å². The molecule has 2 rings (SSSR count). The molecule has 1 unspecified atom stereocenters. The van der Waals surface area contributed by atoms with Crippen LogP contribution >= 0.6 is 11.8 Å². The summed E-state index contributed by atoms with van der Waals surface area (Å²) in [5.74, 6) is 3.87. The topological polar surface area (TPSA) is 43.0 Å². The SMILES string of the molecule is C=CCSCCNC(c1ccco1)c1nccn1C. The second-order valence-electron chi connectivity index (χ2n) is 4.16. The number of thioether (sulfide) groups is 1. The number of furan rings is 1. The van der Waals surface area contributed by atoms with Gasteiger partial charge in [0.25, 0.3) is 0 Å². The Bertz CT molecular complexity index is 493. The van der Waals surface area contributed by atoms with Gasteiger partial charge in [0.1, 0.15) is 17.6 Å². The quantitative estimate of drug-likeness (QED) is 0.595. The van der Waals surface area contributed by atoms with Crippen LogP contribution in [0, 0.1) is 0 Å². The summed E-state index contributed by atoms with van der Waals surface area (Å²) in [4.78, 5) is 4.40. The van der Waals surface area contributed by atoms with E-state index in [2.05, 4.69) is 16.9 Å². The highest BCUT2D eigenvalue weighted by atomic mass is 32.2. The van der Waals surface area contributed by atoms with Crippen molar-refractivity contribution in [2.45, 2.75) is 6.04 Å². The Kier molecular flexibility index (Phi) is 5.30. The third-order valence-electron chi connectivity index (χ3n) is 2.77. The number of rotatable bonds is 8. The summed E-state index contributed by atoms with van der Waals surface area (Å²) in [6.07, 6.45) is 7.37. The van der Waals surface area contributed by atoms with E-state index in [-0.39, 0.29) is 6.04 Å². The Morgan fingerprint density at radius 1 is 1.63 bits per heavy atom. The van der Waals surface area contributed by atoms with Crippen LogP contribution in [0.25, 0.3) is 0 Å². The van der Waals surface area contributed by atoms with Crippen LogP contribution in [-0.2, 0) is 7.05 Å². The first-order chi connectivity index (χ1) is 9.33. The summed E-state index contributed by atoms with van der Waals surface area (Å²) < 4.78 is 7.52. The van der Waals surface area contributed by atoms with Crippen molar-refractivity contribution < 1.29 is 4.42 Å². The molecule has 2 aromatic rings. The van der Waals surface area contributed by atoms with Gasteiger partial charge in [0.2, 0.25) is 0 Å². The van der Waals surface area contributed by atoms with Crippen LogP contribution in [0.1, 0.15) is 17.6 Å². The van der Waals surface area contributed by atoms with Gasteiger partial charge in [-0.3, -0.25) is 0 Å². The van der Waals surface area contributed by atoms with Crippen molar-refractivity contribution in [2.24, 2.45) is 7.05 Å². The van der Waals surface area contributed by atoms with Crippen molar-refractivity contribution in [3.05, 3.63) is 55.0 Å². The Labute approximate surface area is 117 Å². The molecular formula is C14H19N3OS. The van der Waals surface area contributed by atoms with Gasteiger partial charge in [-0.15, -0.1) is 6.58 Å². The Morgan fingerprint density at radius 2 is 2.53 bits per heavy atom. The van der Waals surface area contributed by atoms with Crippen molar-refractivity contribution in [1.82, 2.24) is 14.9 Å². The summed E-state index contributed by atoms with van der Waals surface area (Å²) in [7, 11) is 1.99. The number of hydrogen-bond acceptors (Lipinski definition) is 4. The fraction of sp³-hybridized carbons (Fsp3) is 0.357. The second-order valence-corrected chi connectivity index (χ2v) is 5.31. The lowest BCUT2D eigenvalue weighted by Crippen LogP contribution is -2.26. The molecule has 4 nitrogen and oxygen atoms in total. The molecule has 0 aliphatic rings. The van der Waals surface area contributed by atoms with Gasteiger partial charge in [0.15, 0.2) is 0 Å². The molecule has 2 heterocycles. The lowest BCUT2D eigenvalue weighted by atomic mass is 10.2. The van der Waals surface area contributed by atoms with Crippen molar-refractivity contribution >= 4 is 11.8 Å². The lowest BCUT2D eigenvalue weighted by molar-refractivity contribution is 0.437. The summed E-state index contributed by atoms with van der Waals surface area (Å²) in [6.45, 7) is 4.62. The van der Waals surface area contributed by atoms with E-state index in [0.717, 1.165) is 29.6 Å². The van der Waals surface area contributed by atoms with Crippen LogP contribution < -0.4 is 5.32 Å². The number of hydrogen-bond donors (Lipinski definition) is 1. The largest absolute Gasteiger partial charge is 0.467 e. The van der Waals surface area contributed by atoms with Gasteiger partial charge in [0, 0.05) is 37.5 Å². The predicted octanol–water partition coefficient (Wildman–Crippen LogP) is 2.61. The molecule has 2 aromatic heterocycles. The maximum absolute atomic E-state index is 5.51. The first kappa shape index (κ1) is 14.0. The fourth-order valence-corrected chi connectivity index (χ4v) is 2.47. The highest BCUT2D eigenvalue weighted by molar-refractivity contribution is 7.99. The molecule has 0 radical (unpaired) electrons. The molecule has 0 saturated heterocycles. The summed E-state index contributed by atoms with van der Waals surface area (Å²) in [5, 5.41) is 3.49. The van der Waals surface area contributed by atoms with Gasteiger partial charge >= 0.3 is 0 Å². The Balaban J connectivity index is 2.00. The van der Waals surface area contributed by atoms with E-state index < -0.39 is 0 Å². The zero-order valence-corrected chi connectivity index (χ0v) is 11.9. The normalized spacial score (nSPS) is 12.5. The lowest BCUT2D eigenvalue weighted by Gasteiger charge is -2.16. The van der Waals surface area contributed by atoms with Gasteiger partial charge in [-0.25, -0.2) is 4.98 Å². The third kappa shape index (κ3) is 3.75. The monoisotopic (exact) mass is 277 g/mol. The van der Waals surface area contributed by atoms with Crippen LogP contribution in [0.4, 0.5) is 0 Å². The van der Waals surface area contributed by atoms with E-state index >= 15 is 0 Å². The van der Waals surface area contributed by atoms with E-state index in [9.17, 15) is 0 Å². The van der Waals surface area contributed by atoms with Crippen LogP contribution in [0.15, 0.2) is 47.9 Å². The first-order valence-electron chi connectivity index (χ1n) is 6.25. The van der Waals surface area contributed by atoms with Crippen molar-refractivity contribution in [3.63, 3.8) is 0 Å². The minimum Gasteiger partial charge on any atom is -0.467 e. The van der Waals surface area contributed by atoms with Crippen molar-refractivity contribution in [1.29, 1.82) is 0 Å². The molecule has 102 valence electrons. The summed E-state index contributed by atoms with van der Waals surface area (Å²) in [5.41, 5.74) is 0. The fourth-order valence-electron chi connectivity index (χ4n) is 1.87. The maximum atomic E-state index is 5.51. The maximum Gasteiger partial charge on any atom is 0.133 e. The van der Waals surface area contributed by atoms with Gasteiger partial charge in [0.05, 0.1) is 6.26 Å². The zero-order valence-electron chi connectivity index (χ0n) is 11.1. The molecule has 0 saturated carbocycles. The zero-order chi connectivity index (χ0) is 13.5. The molecule has 0 aliphatic carbocycles. The first-order valence-corrected chi connectivity index (χ1v) is 7.41. The number of aromatic nitrogens is 2. The van der Waals surface area contributed by atoms with Crippen LogP contribution in [0.3, 0.4) is 0 Å². The minimum atomic E-state index is -0.000619. The highest BCUT2D eigenvalue weighted by Gasteiger charge is 2.19. The Morgan fingerprint density at radius 3 is 3.16 bits per heavy atom. The van der Waals surface area contributed by atoms with Crippen LogP contribution in [-0.4, -0.2) is 27.6 Å². The van der Waals surface area contributed by atoms with Crippen LogP contribution in [0.5, 0.6) is 0 Å². The van der Waals surface area contributed by atoms with Crippen molar-refractivity contribution in [3.8, 4) is 0 Å². The van der Waals surface area contributed by atoms with E-state index in [1.54, 1.807) is 12.5 Å². The third-order valence-corrected chi connectivity index (χ3v) is 3.74. The summed E-state index contributed by atoms with van der Waals surface area (Å²) in [6, 6.07) is 3.88. The Hall–Kier alpha value is -1.46. The number of aryl methyl sites for hydroxylation is 1. The van der Waals surface area contributed by atoms with E-state index in [1.165, 1.54) is 0 Å². The molecule has 0 amide bonds. The molecule has 0 bridgehead atoms. The van der Waals surface area contributed by atoms with E-state index in [0.29, 0.717) is 0 Å². The number of nitrogens with one attached hydrogen (secondary N) is 1. The molecule has 5 heteroatoms. The number of nitrogens with zero attached hydrogens (tertiary/aromatic N) is 2. The molecular weight excluding hydrogens is 258 g/mol. The molecule has 0 aliphatic heterocycles. The standard InChI is InChI=1S/C14H19N3OS/c1-3-10-19-11-7-15-13(12-5-4-9-18-12)14-16-6-8-17(14)2/h3-6,8-9,13,15H,1,7,10-11H2,2H3. The second kappa shape index (κ2) is 7.21. The summed E-state index contributed by atoms with van der Waals surface area (Å²) >= 11 is 1.86. The minimum absolute atomic E-state index is 0.000619. The van der Waals surface area contributed by atoms with Gasteiger partial charge < -0.3 is 14.3 Å². The number of imidazole rings is 1. The molecule has 0 aromatic carbocycles. The van der Waals surface area contributed by atoms with Gasteiger partial charge in [-0.05, 0) is 12.1 Å². The van der Waals surface area contributed by atoms with Gasteiger partial charge in [-0.1, -0.05) is 6.08 Å².